The summed E-state index contributed by atoms with van der Waals surface area (Å²) in [4.78, 5) is 6.54. The van der Waals surface area contributed by atoms with Crippen molar-refractivity contribution in [2.45, 2.75) is 6.92 Å². The van der Waals surface area contributed by atoms with Crippen molar-refractivity contribution in [2.24, 2.45) is 10.2 Å². The topological polar surface area (TPSA) is 50.1 Å². The van der Waals surface area contributed by atoms with Gasteiger partial charge in [0.05, 0.1) is 23.0 Å². The number of ether oxygens (including phenoxy) is 1. The fourth-order valence-electron chi connectivity index (χ4n) is 2.19. The van der Waals surface area contributed by atoms with Gasteiger partial charge in [-0.15, -0.1) is 10.2 Å². The molecule has 0 saturated carbocycles. The summed E-state index contributed by atoms with van der Waals surface area (Å²) in [6, 6.07) is 11.9. The summed E-state index contributed by atoms with van der Waals surface area (Å²) in [7, 11) is 5.69. The van der Waals surface area contributed by atoms with Crippen LogP contribution in [-0.4, -0.2) is 26.2 Å². The highest BCUT2D eigenvalue weighted by atomic mass is 32.1. The largest absolute Gasteiger partial charge is 0.497 e. The average molecular weight is 326 g/mol. The van der Waals surface area contributed by atoms with Gasteiger partial charge in [0.15, 0.2) is 0 Å². The van der Waals surface area contributed by atoms with E-state index in [4.69, 9.17) is 4.74 Å². The first-order valence-electron chi connectivity index (χ1n) is 7.21. The summed E-state index contributed by atoms with van der Waals surface area (Å²) in [5.74, 6) is 0.819. The maximum atomic E-state index is 5.23. The van der Waals surface area contributed by atoms with Crippen LogP contribution in [-0.2, 0) is 0 Å². The first kappa shape index (κ1) is 15.4. The van der Waals surface area contributed by atoms with E-state index >= 15 is 0 Å². The number of anilines is 1. The zero-order valence-corrected chi connectivity index (χ0v) is 14.4. The van der Waals surface area contributed by atoms with Crippen LogP contribution in [0.4, 0.5) is 16.5 Å². The van der Waals surface area contributed by atoms with Crippen LogP contribution in [0.2, 0.25) is 0 Å². The number of rotatable bonds is 4. The van der Waals surface area contributed by atoms with Crippen molar-refractivity contribution >= 4 is 38.1 Å². The van der Waals surface area contributed by atoms with Gasteiger partial charge >= 0.3 is 0 Å². The molecule has 0 saturated heterocycles. The first-order valence-corrected chi connectivity index (χ1v) is 8.03. The quantitative estimate of drug-likeness (QED) is 0.627. The fourth-order valence-corrected chi connectivity index (χ4v) is 3.00. The van der Waals surface area contributed by atoms with E-state index in [1.807, 2.05) is 51.4 Å². The summed E-state index contributed by atoms with van der Waals surface area (Å²) in [5, 5.41) is 9.26. The van der Waals surface area contributed by atoms with E-state index in [1.165, 1.54) is 11.3 Å². The van der Waals surface area contributed by atoms with E-state index in [0.29, 0.717) is 5.13 Å². The van der Waals surface area contributed by atoms with Crippen LogP contribution < -0.4 is 9.64 Å². The van der Waals surface area contributed by atoms with Crippen molar-refractivity contribution in [1.29, 1.82) is 0 Å². The molecule has 0 radical (unpaired) electrons. The minimum absolute atomic E-state index is 0.643. The predicted molar refractivity (Wildman–Crippen MR) is 95.9 cm³/mol. The Labute approximate surface area is 139 Å². The lowest BCUT2D eigenvalue weighted by molar-refractivity contribution is 0.415. The lowest BCUT2D eigenvalue weighted by atomic mass is 10.2. The number of azo groups is 1. The van der Waals surface area contributed by atoms with Crippen LogP contribution in [0.5, 0.6) is 5.75 Å². The third kappa shape index (κ3) is 3.32. The first-order chi connectivity index (χ1) is 11.1. The molecule has 0 bridgehead atoms. The molecule has 3 aromatic rings. The Balaban J connectivity index is 1.87. The standard InChI is InChI=1S/C17H18N4OS/c1-11-9-12(21(2)3)5-7-14(11)19-20-17-18-15-8-6-13(22-4)10-16(15)23-17/h5-10H,1-4H3. The number of hydrogen-bond acceptors (Lipinski definition) is 6. The van der Waals surface area contributed by atoms with Gasteiger partial charge in [-0.1, -0.05) is 11.3 Å². The predicted octanol–water partition coefficient (Wildman–Crippen LogP) is 5.09. The maximum absolute atomic E-state index is 5.23. The van der Waals surface area contributed by atoms with Gasteiger partial charge in [-0.05, 0) is 48.9 Å². The molecule has 23 heavy (non-hydrogen) atoms. The van der Waals surface area contributed by atoms with Crippen LogP contribution in [0.15, 0.2) is 46.6 Å². The number of aryl methyl sites for hydroxylation is 1. The van der Waals surface area contributed by atoms with Crippen molar-refractivity contribution in [3.63, 3.8) is 0 Å². The van der Waals surface area contributed by atoms with Gasteiger partial charge in [0.1, 0.15) is 5.75 Å². The Kier molecular flexibility index (Phi) is 4.25. The molecule has 2 aromatic carbocycles. The Morgan fingerprint density at radius 3 is 2.61 bits per heavy atom. The highest BCUT2D eigenvalue weighted by Gasteiger charge is 2.05. The monoisotopic (exact) mass is 326 g/mol. The molecule has 0 aliphatic carbocycles. The molecule has 0 N–H and O–H groups in total. The number of thiazole rings is 1. The molecule has 0 aliphatic rings. The second kappa shape index (κ2) is 6.34. The van der Waals surface area contributed by atoms with Crippen LogP contribution in [0, 0.1) is 6.92 Å². The van der Waals surface area contributed by atoms with Crippen molar-refractivity contribution in [3.05, 3.63) is 42.0 Å². The van der Waals surface area contributed by atoms with Gasteiger partial charge in [0, 0.05) is 19.8 Å². The summed E-state index contributed by atoms with van der Waals surface area (Å²) in [5.41, 5.74) is 3.99. The Morgan fingerprint density at radius 1 is 1.09 bits per heavy atom. The second-order valence-corrected chi connectivity index (χ2v) is 6.40. The van der Waals surface area contributed by atoms with E-state index in [1.54, 1.807) is 7.11 Å². The molecule has 0 atom stereocenters. The smallest absolute Gasteiger partial charge is 0.231 e. The fraction of sp³-hybridized carbons (Fsp3) is 0.235. The van der Waals surface area contributed by atoms with Gasteiger partial charge in [0.25, 0.3) is 0 Å². The highest BCUT2D eigenvalue weighted by molar-refractivity contribution is 7.21. The summed E-state index contributed by atoms with van der Waals surface area (Å²) in [6.07, 6.45) is 0. The van der Waals surface area contributed by atoms with Crippen LogP contribution in [0.1, 0.15) is 5.56 Å². The van der Waals surface area contributed by atoms with E-state index in [-0.39, 0.29) is 0 Å². The number of fused-ring (bicyclic) bond motifs is 1. The summed E-state index contributed by atoms with van der Waals surface area (Å²) < 4.78 is 6.27. The Hall–Kier alpha value is -2.47. The molecule has 3 rings (SSSR count). The molecule has 0 spiro atoms. The lowest BCUT2D eigenvalue weighted by Crippen LogP contribution is -2.08. The normalized spacial score (nSPS) is 11.3. The van der Waals surface area contributed by atoms with E-state index < -0.39 is 0 Å². The van der Waals surface area contributed by atoms with Crippen molar-refractivity contribution in [1.82, 2.24) is 4.98 Å². The molecule has 118 valence electrons. The van der Waals surface area contributed by atoms with Gasteiger partial charge in [0.2, 0.25) is 5.13 Å². The molecular formula is C17H18N4OS. The van der Waals surface area contributed by atoms with Crippen LogP contribution in [0.25, 0.3) is 10.2 Å². The van der Waals surface area contributed by atoms with Gasteiger partial charge in [-0.25, -0.2) is 4.98 Å². The third-order valence-corrected chi connectivity index (χ3v) is 4.43. The lowest BCUT2D eigenvalue weighted by Gasteiger charge is -2.13. The average Bonchev–Trinajstić information content (AvgIpc) is 2.95. The van der Waals surface area contributed by atoms with Crippen LogP contribution >= 0.6 is 11.3 Å². The third-order valence-electron chi connectivity index (χ3n) is 3.52. The van der Waals surface area contributed by atoms with Gasteiger partial charge in [-0.2, -0.15) is 0 Å². The highest BCUT2D eigenvalue weighted by Crippen LogP contribution is 2.32. The molecule has 0 aliphatic heterocycles. The van der Waals surface area contributed by atoms with Gasteiger partial charge < -0.3 is 9.64 Å². The Morgan fingerprint density at radius 2 is 1.91 bits per heavy atom. The number of benzene rings is 2. The molecular weight excluding hydrogens is 308 g/mol. The molecule has 1 aromatic heterocycles. The summed E-state index contributed by atoms with van der Waals surface area (Å²) >= 11 is 1.50. The van der Waals surface area contributed by atoms with Crippen molar-refractivity contribution in [2.75, 3.05) is 26.1 Å². The SMILES string of the molecule is COc1ccc2nc(N=Nc3ccc(N(C)C)cc3C)sc2c1. The van der Waals surface area contributed by atoms with E-state index in [0.717, 1.165) is 32.9 Å². The molecule has 0 fully saturated rings. The van der Waals surface area contributed by atoms with Crippen LogP contribution in [0.3, 0.4) is 0 Å². The van der Waals surface area contributed by atoms with E-state index in [9.17, 15) is 0 Å². The zero-order chi connectivity index (χ0) is 16.4. The number of nitrogens with zero attached hydrogens (tertiary/aromatic N) is 4. The molecule has 5 nitrogen and oxygen atoms in total. The van der Waals surface area contributed by atoms with E-state index in [2.05, 4.69) is 26.2 Å². The Bertz CT molecular complexity index is 870. The van der Waals surface area contributed by atoms with Gasteiger partial charge in [-0.3, -0.25) is 0 Å². The van der Waals surface area contributed by atoms with Crippen molar-refractivity contribution in [3.8, 4) is 5.75 Å². The van der Waals surface area contributed by atoms with Crippen molar-refractivity contribution < 1.29 is 4.74 Å². The number of hydrogen-bond donors (Lipinski definition) is 0. The number of aromatic nitrogens is 1. The molecule has 0 unspecified atom stereocenters. The summed E-state index contributed by atoms with van der Waals surface area (Å²) in [6.45, 7) is 2.03. The molecule has 1 heterocycles. The minimum Gasteiger partial charge on any atom is -0.497 e. The maximum Gasteiger partial charge on any atom is 0.231 e. The zero-order valence-electron chi connectivity index (χ0n) is 13.6. The second-order valence-electron chi connectivity index (χ2n) is 5.40. The molecule has 6 heteroatoms. The number of methoxy groups -OCH3 is 1. The minimum atomic E-state index is 0.643. The molecule has 0 amide bonds.